The van der Waals surface area contributed by atoms with Crippen LogP contribution >= 0.6 is 7.75 Å². The molecule has 0 saturated carbocycles. The Balaban J connectivity index is 1.49. The zero-order chi connectivity index (χ0) is 35.4. The van der Waals surface area contributed by atoms with Crippen LogP contribution in [0.4, 0.5) is 26.0 Å². The number of nitro benzene ring substituents is 1. The summed E-state index contributed by atoms with van der Waals surface area (Å²) in [5.74, 6) is -5.14. The third-order valence-electron chi connectivity index (χ3n) is 7.32. The second-order valence-corrected chi connectivity index (χ2v) is 12.9. The van der Waals surface area contributed by atoms with Gasteiger partial charge in [-0.25, -0.2) is 14.4 Å². The number of nitrogens with two attached hydrogens (primary N) is 1. The molecule has 0 bridgehead atoms. The van der Waals surface area contributed by atoms with Gasteiger partial charge in [-0.05, 0) is 55.3 Å². The lowest BCUT2D eigenvalue weighted by Crippen LogP contribution is -2.42. The van der Waals surface area contributed by atoms with Crippen LogP contribution < -0.4 is 21.4 Å². The predicted molar refractivity (Wildman–Crippen MR) is 167 cm³/mol. The summed E-state index contributed by atoms with van der Waals surface area (Å²) in [6.45, 7) is 1.59. The van der Waals surface area contributed by atoms with Gasteiger partial charge in [-0.2, -0.15) is 13.8 Å². The third kappa shape index (κ3) is 8.58. The number of benzene rings is 2. The molecule has 0 radical (unpaired) electrons. The van der Waals surface area contributed by atoms with E-state index in [9.17, 15) is 29.4 Å². The molecule has 48 heavy (non-hydrogen) atoms. The number of nitrogen functional groups attached to an aromatic ring is 1. The van der Waals surface area contributed by atoms with Crippen molar-refractivity contribution in [3.05, 3.63) is 92.5 Å². The van der Waals surface area contributed by atoms with E-state index >= 15 is 8.78 Å². The topological polar surface area (TPSA) is 211 Å². The summed E-state index contributed by atoms with van der Waals surface area (Å²) in [5, 5.41) is 23.8. The number of carbonyl (C=O) groups is 1. The molecule has 16 nitrogen and oxygen atoms in total. The molecule has 2 aromatic carbocycles. The molecule has 0 amide bonds. The number of aliphatic hydroxyl groups is 1. The maximum absolute atomic E-state index is 15.1. The number of hydrogen-bond acceptors (Lipinski definition) is 13. The average molecular weight is 697 g/mol. The van der Waals surface area contributed by atoms with Gasteiger partial charge >= 0.3 is 25.3 Å². The van der Waals surface area contributed by atoms with Gasteiger partial charge < -0.3 is 25.2 Å². The number of nitrogens with one attached hydrogen (secondary N) is 1. The van der Waals surface area contributed by atoms with E-state index in [1.165, 1.54) is 38.1 Å². The van der Waals surface area contributed by atoms with Crippen molar-refractivity contribution in [2.24, 2.45) is 0 Å². The number of nitro groups is 1. The summed E-state index contributed by atoms with van der Waals surface area (Å²) in [7, 11) is -0.874. The van der Waals surface area contributed by atoms with Crippen LogP contribution in [-0.4, -0.2) is 70.4 Å². The molecule has 0 spiro atoms. The van der Waals surface area contributed by atoms with Gasteiger partial charge in [0.15, 0.2) is 6.10 Å². The SMILES string of the molecule is CC(OC(=O)[C@H](C)NP(=O)(OCc1ccc(N(C)C)cc1)OC[C@H]1O[C@@H](n2ccc(N)nc2=O)C(F)(F)[C@H]1O)c1ccc([N+](=O)[O-])cc1. The number of ether oxygens (including phenoxy) is 2. The lowest BCUT2D eigenvalue weighted by Gasteiger charge is -2.25. The minimum atomic E-state index is -4.56. The normalized spacial score (nSPS) is 21.2. The van der Waals surface area contributed by atoms with Crippen molar-refractivity contribution in [1.82, 2.24) is 14.6 Å². The van der Waals surface area contributed by atoms with Crippen LogP contribution in [0.1, 0.15) is 37.3 Å². The van der Waals surface area contributed by atoms with Crippen molar-refractivity contribution in [2.75, 3.05) is 31.3 Å². The van der Waals surface area contributed by atoms with Gasteiger partial charge in [-0.15, -0.1) is 0 Å². The van der Waals surface area contributed by atoms with Crippen molar-refractivity contribution in [2.45, 2.75) is 57.0 Å². The van der Waals surface area contributed by atoms with E-state index in [1.54, 1.807) is 24.3 Å². The molecule has 6 atom stereocenters. The van der Waals surface area contributed by atoms with Crippen LogP contribution in [0.5, 0.6) is 0 Å². The second kappa shape index (κ2) is 14.8. The third-order valence-corrected chi connectivity index (χ3v) is 8.98. The lowest BCUT2D eigenvalue weighted by molar-refractivity contribution is -0.384. The number of non-ortho nitro benzene ring substituents is 1. The van der Waals surface area contributed by atoms with Crippen molar-refractivity contribution in [3.8, 4) is 0 Å². The molecule has 1 aliphatic heterocycles. The summed E-state index contributed by atoms with van der Waals surface area (Å²) < 4.78 is 66.3. The molecular formula is C29H35F2N6O10P. The fourth-order valence-corrected chi connectivity index (χ4v) is 6.01. The lowest BCUT2D eigenvalue weighted by atomic mass is 10.1. The summed E-state index contributed by atoms with van der Waals surface area (Å²) >= 11 is 0. The fourth-order valence-electron chi connectivity index (χ4n) is 4.54. The first-order valence-corrected chi connectivity index (χ1v) is 16.0. The minimum absolute atomic E-state index is 0.156. The second-order valence-electron chi connectivity index (χ2n) is 11.1. The molecule has 19 heteroatoms. The number of aromatic nitrogens is 2. The molecule has 3 aromatic rings. The Morgan fingerprint density at radius 3 is 2.42 bits per heavy atom. The Hall–Kier alpha value is -4.32. The van der Waals surface area contributed by atoms with Crippen LogP contribution in [0.2, 0.25) is 0 Å². The Bertz CT molecular complexity index is 1710. The maximum atomic E-state index is 15.1. The van der Waals surface area contributed by atoms with E-state index in [0.717, 1.165) is 18.0 Å². The van der Waals surface area contributed by atoms with Gasteiger partial charge in [0.1, 0.15) is 24.1 Å². The zero-order valence-electron chi connectivity index (χ0n) is 26.3. The van der Waals surface area contributed by atoms with E-state index in [2.05, 4.69) is 10.1 Å². The van der Waals surface area contributed by atoms with Crippen molar-refractivity contribution < 1.29 is 46.7 Å². The summed E-state index contributed by atoms with van der Waals surface area (Å²) in [5.41, 5.74) is 5.98. The largest absolute Gasteiger partial charge is 0.457 e. The van der Waals surface area contributed by atoms with Gasteiger partial charge in [0, 0.05) is 38.1 Å². The highest BCUT2D eigenvalue weighted by Gasteiger charge is 2.60. The number of anilines is 2. The Kier molecular flexibility index (Phi) is 11.3. The van der Waals surface area contributed by atoms with Gasteiger partial charge in [-0.3, -0.25) is 28.5 Å². The molecule has 1 aromatic heterocycles. The monoisotopic (exact) mass is 696 g/mol. The average Bonchev–Trinajstić information content (AvgIpc) is 3.26. The molecular weight excluding hydrogens is 661 g/mol. The van der Waals surface area contributed by atoms with Crippen LogP contribution in [0, 0.1) is 10.1 Å². The molecule has 0 aliphatic carbocycles. The summed E-state index contributed by atoms with van der Waals surface area (Å²) in [6.07, 6.45) is -6.55. The van der Waals surface area contributed by atoms with Crippen LogP contribution in [0.25, 0.3) is 0 Å². The number of halogens is 2. The standard InChI is InChI=1S/C29H35F2N6O10P/c1-17(26(39)46-18(2)20-7-11-22(12-8-20)37(41)42)34-48(43,44-15-19-5-9-21(10-6-19)35(3)4)45-16-23-25(38)29(30,31)27(47-23)36-14-13-24(32)33-28(36)40/h5-14,17-18,23,25,27,38H,15-16H2,1-4H3,(H,34,43)(H2,32,33,40)/t17-,18?,23+,25-,27+,48?/m0/s1. The molecule has 4 N–H and O–H groups in total. The molecule has 260 valence electrons. The van der Waals surface area contributed by atoms with E-state index in [0.29, 0.717) is 15.7 Å². The summed E-state index contributed by atoms with van der Waals surface area (Å²) in [6, 6.07) is 12.0. The maximum Gasteiger partial charge on any atom is 0.406 e. The molecule has 4 rings (SSSR count). The van der Waals surface area contributed by atoms with E-state index in [4.69, 9.17) is 24.3 Å². The molecule has 1 aliphatic rings. The highest BCUT2D eigenvalue weighted by molar-refractivity contribution is 7.51. The van der Waals surface area contributed by atoms with Crippen LogP contribution in [0.15, 0.2) is 65.6 Å². The number of aliphatic hydroxyl groups excluding tert-OH is 1. The van der Waals surface area contributed by atoms with Crippen molar-refractivity contribution in [3.63, 3.8) is 0 Å². The van der Waals surface area contributed by atoms with Gasteiger partial charge in [0.2, 0.25) is 6.23 Å². The molecule has 2 unspecified atom stereocenters. The number of alkyl halides is 2. The van der Waals surface area contributed by atoms with Gasteiger partial charge in [0.25, 0.3) is 5.69 Å². The number of esters is 1. The van der Waals surface area contributed by atoms with Crippen molar-refractivity contribution >= 4 is 30.9 Å². The zero-order valence-corrected chi connectivity index (χ0v) is 27.2. The highest BCUT2D eigenvalue weighted by Crippen LogP contribution is 2.48. The number of hydrogen-bond donors (Lipinski definition) is 3. The van der Waals surface area contributed by atoms with E-state index in [1.807, 2.05) is 19.0 Å². The first-order chi connectivity index (χ1) is 22.5. The van der Waals surface area contributed by atoms with Crippen molar-refractivity contribution in [1.29, 1.82) is 0 Å². The summed E-state index contributed by atoms with van der Waals surface area (Å²) in [4.78, 5) is 40.8. The minimum Gasteiger partial charge on any atom is -0.457 e. The first kappa shape index (κ1) is 36.5. The predicted octanol–water partition coefficient (Wildman–Crippen LogP) is 3.32. The molecule has 2 heterocycles. The number of nitrogens with zero attached hydrogens (tertiary/aromatic N) is 4. The van der Waals surface area contributed by atoms with Gasteiger partial charge in [0.05, 0.1) is 18.1 Å². The Labute approximate surface area is 273 Å². The number of rotatable bonds is 14. The Morgan fingerprint density at radius 2 is 1.83 bits per heavy atom. The van der Waals surface area contributed by atoms with E-state index < -0.39 is 67.4 Å². The highest BCUT2D eigenvalue weighted by atomic mass is 31.2. The van der Waals surface area contributed by atoms with Crippen LogP contribution in [-0.2, 0) is 34.5 Å². The Morgan fingerprint density at radius 1 is 1.19 bits per heavy atom. The van der Waals surface area contributed by atoms with Gasteiger partial charge in [-0.1, -0.05) is 12.1 Å². The number of carbonyl (C=O) groups excluding carboxylic acids is 1. The molecule has 1 fully saturated rings. The van der Waals surface area contributed by atoms with E-state index in [-0.39, 0.29) is 18.1 Å². The smallest absolute Gasteiger partial charge is 0.406 e. The fraction of sp³-hybridized carbons (Fsp3) is 0.414. The first-order valence-electron chi connectivity index (χ1n) is 14.4. The quantitative estimate of drug-likeness (QED) is 0.0956. The molecule has 1 saturated heterocycles. The van der Waals surface area contributed by atoms with Crippen LogP contribution in [0.3, 0.4) is 0 Å².